The topological polar surface area (TPSA) is 46.5 Å². The highest BCUT2D eigenvalue weighted by Gasteiger charge is 2.15. The van der Waals surface area contributed by atoms with Crippen molar-refractivity contribution in [3.05, 3.63) is 24.4 Å². The fraction of sp³-hybridized carbons (Fsp3) is 0.167. The summed E-state index contributed by atoms with van der Waals surface area (Å²) < 4.78 is 4.63. The van der Waals surface area contributed by atoms with Crippen molar-refractivity contribution >= 4 is 5.78 Å². The number of ether oxygens (including phenoxy) is 1. The lowest BCUT2D eigenvalue weighted by Crippen LogP contribution is -2.09. The average molecular weight is 126 g/mol. The van der Waals surface area contributed by atoms with Crippen molar-refractivity contribution in [3.63, 3.8) is 0 Å². The molecule has 0 saturated heterocycles. The molecule has 0 unspecified atom stereocenters. The predicted molar refractivity (Wildman–Crippen MR) is 30.6 cm³/mol. The maximum atomic E-state index is 10.5. The van der Waals surface area contributed by atoms with Crippen molar-refractivity contribution in [2.45, 2.75) is 6.42 Å². The first-order valence-corrected chi connectivity index (χ1v) is 2.47. The summed E-state index contributed by atoms with van der Waals surface area (Å²) in [6.07, 6.45) is 1.08. The van der Waals surface area contributed by atoms with Gasteiger partial charge in [-0.3, -0.25) is 4.79 Å². The molecule has 0 aliphatic carbocycles. The van der Waals surface area contributed by atoms with Gasteiger partial charge in [-0.1, -0.05) is 6.58 Å². The molecule has 0 aromatic carbocycles. The Morgan fingerprint density at radius 1 is 1.78 bits per heavy atom. The van der Waals surface area contributed by atoms with E-state index < -0.39 is 0 Å². The molecule has 1 rings (SSSR count). The van der Waals surface area contributed by atoms with E-state index in [9.17, 15) is 4.79 Å². The molecule has 0 aromatic rings. The molecule has 1 heterocycles. The summed E-state index contributed by atoms with van der Waals surface area (Å²) in [5.74, 6) is -0.300. The standard InChI is InChI=1S/C6H6O3/c1-4-2-5(7)6(8)3-9-4/h3,8H,1-2H2. The van der Waals surface area contributed by atoms with Gasteiger partial charge in [0.25, 0.3) is 0 Å². The molecule has 1 aliphatic heterocycles. The lowest BCUT2D eigenvalue weighted by atomic mass is 10.2. The van der Waals surface area contributed by atoms with E-state index in [2.05, 4.69) is 11.3 Å². The zero-order chi connectivity index (χ0) is 6.85. The normalized spacial score (nSPS) is 18.9. The molecule has 0 amide bonds. The number of hydrogen-bond donors (Lipinski definition) is 1. The van der Waals surface area contributed by atoms with Gasteiger partial charge in [0.2, 0.25) is 5.78 Å². The van der Waals surface area contributed by atoms with Crippen LogP contribution < -0.4 is 0 Å². The molecule has 3 nitrogen and oxygen atoms in total. The first-order valence-electron chi connectivity index (χ1n) is 2.47. The summed E-state index contributed by atoms with van der Waals surface area (Å²) in [6, 6.07) is 0. The van der Waals surface area contributed by atoms with E-state index in [-0.39, 0.29) is 18.0 Å². The Bertz CT molecular complexity index is 190. The van der Waals surface area contributed by atoms with E-state index in [1.165, 1.54) is 0 Å². The van der Waals surface area contributed by atoms with E-state index in [1.807, 2.05) is 0 Å². The summed E-state index contributed by atoms with van der Waals surface area (Å²) in [5.41, 5.74) is 0. The second-order valence-electron chi connectivity index (χ2n) is 1.76. The summed E-state index contributed by atoms with van der Waals surface area (Å²) in [4.78, 5) is 10.5. The quantitative estimate of drug-likeness (QED) is 0.524. The minimum absolute atomic E-state index is 0.0856. The van der Waals surface area contributed by atoms with Crippen LogP contribution in [0, 0.1) is 0 Å². The van der Waals surface area contributed by atoms with Gasteiger partial charge in [-0.2, -0.15) is 0 Å². The van der Waals surface area contributed by atoms with Crippen LogP contribution in [-0.4, -0.2) is 10.9 Å². The maximum absolute atomic E-state index is 10.5. The van der Waals surface area contributed by atoms with Crippen LogP contribution in [0.3, 0.4) is 0 Å². The van der Waals surface area contributed by atoms with Gasteiger partial charge < -0.3 is 9.84 Å². The Balaban J connectivity index is 2.79. The highest BCUT2D eigenvalue weighted by molar-refractivity contribution is 5.94. The van der Waals surface area contributed by atoms with Crippen molar-refractivity contribution < 1.29 is 14.6 Å². The molecule has 1 aliphatic rings. The average Bonchev–Trinajstić information content (AvgIpc) is 1.80. The Morgan fingerprint density at radius 3 is 2.89 bits per heavy atom. The summed E-state index contributed by atoms with van der Waals surface area (Å²) in [6.45, 7) is 3.40. The number of allylic oxidation sites excluding steroid dienone is 2. The predicted octanol–water partition coefficient (Wildman–Crippen LogP) is 0.889. The van der Waals surface area contributed by atoms with E-state index in [0.717, 1.165) is 6.26 Å². The van der Waals surface area contributed by atoms with Crippen LogP contribution in [0.15, 0.2) is 24.4 Å². The molecule has 0 spiro atoms. The third kappa shape index (κ3) is 1.10. The van der Waals surface area contributed by atoms with Crippen LogP contribution in [-0.2, 0) is 9.53 Å². The molecule has 0 fully saturated rings. The molecule has 0 radical (unpaired) electrons. The van der Waals surface area contributed by atoms with Gasteiger partial charge in [-0.05, 0) is 0 Å². The van der Waals surface area contributed by atoms with E-state index >= 15 is 0 Å². The van der Waals surface area contributed by atoms with E-state index in [0.29, 0.717) is 5.76 Å². The molecular formula is C6H6O3. The lowest BCUT2D eigenvalue weighted by Gasteiger charge is -2.08. The maximum Gasteiger partial charge on any atom is 0.207 e. The van der Waals surface area contributed by atoms with E-state index in [1.54, 1.807) is 0 Å². The Kier molecular flexibility index (Phi) is 1.26. The van der Waals surface area contributed by atoms with Gasteiger partial charge >= 0.3 is 0 Å². The Hall–Kier alpha value is -1.25. The molecular weight excluding hydrogens is 120 g/mol. The monoisotopic (exact) mass is 126 g/mol. The van der Waals surface area contributed by atoms with Crippen LogP contribution >= 0.6 is 0 Å². The third-order valence-electron chi connectivity index (χ3n) is 0.981. The largest absolute Gasteiger partial charge is 0.502 e. The molecule has 3 heteroatoms. The van der Waals surface area contributed by atoms with Crippen molar-refractivity contribution in [1.82, 2.24) is 0 Å². The Morgan fingerprint density at radius 2 is 2.44 bits per heavy atom. The summed E-state index contributed by atoms with van der Waals surface area (Å²) in [7, 11) is 0. The first kappa shape index (κ1) is 5.88. The molecule has 0 saturated carbocycles. The molecule has 0 bridgehead atoms. The number of Topliss-reactive ketones (excluding diaryl/α,β-unsaturated/α-hetero) is 1. The highest BCUT2D eigenvalue weighted by Crippen LogP contribution is 2.12. The first-order chi connectivity index (χ1) is 4.20. The minimum Gasteiger partial charge on any atom is -0.502 e. The van der Waals surface area contributed by atoms with Crippen molar-refractivity contribution in [2.24, 2.45) is 0 Å². The van der Waals surface area contributed by atoms with Gasteiger partial charge in [-0.25, -0.2) is 0 Å². The number of carbonyl (C=O) groups excluding carboxylic acids is 1. The number of aliphatic hydroxyl groups excluding tert-OH is 1. The van der Waals surface area contributed by atoms with Crippen LogP contribution in [0.4, 0.5) is 0 Å². The second kappa shape index (κ2) is 1.93. The fourth-order valence-corrected chi connectivity index (χ4v) is 0.516. The summed E-state index contributed by atoms with van der Waals surface area (Å²) in [5, 5.41) is 8.64. The minimum atomic E-state index is -0.341. The lowest BCUT2D eigenvalue weighted by molar-refractivity contribution is -0.118. The van der Waals surface area contributed by atoms with Gasteiger partial charge in [0.05, 0.1) is 6.42 Å². The molecule has 9 heavy (non-hydrogen) atoms. The van der Waals surface area contributed by atoms with Gasteiger partial charge in [0.15, 0.2) is 5.76 Å². The second-order valence-corrected chi connectivity index (χ2v) is 1.76. The van der Waals surface area contributed by atoms with Crippen molar-refractivity contribution in [1.29, 1.82) is 0 Å². The molecule has 1 N–H and O–H groups in total. The smallest absolute Gasteiger partial charge is 0.207 e. The zero-order valence-corrected chi connectivity index (χ0v) is 4.76. The zero-order valence-electron chi connectivity index (χ0n) is 4.76. The van der Waals surface area contributed by atoms with Crippen LogP contribution in [0.25, 0.3) is 0 Å². The van der Waals surface area contributed by atoms with Crippen LogP contribution in [0.1, 0.15) is 6.42 Å². The highest BCUT2D eigenvalue weighted by atomic mass is 16.5. The SMILES string of the molecule is C=C1CC(=O)C(O)=CO1. The van der Waals surface area contributed by atoms with Crippen molar-refractivity contribution in [3.8, 4) is 0 Å². The van der Waals surface area contributed by atoms with Crippen LogP contribution in [0.2, 0.25) is 0 Å². The molecule has 0 atom stereocenters. The number of hydrogen-bond acceptors (Lipinski definition) is 3. The number of aliphatic hydroxyl groups is 1. The number of rotatable bonds is 0. The van der Waals surface area contributed by atoms with Crippen molar-refractivity contribution in [2.75, 3.05) is 0 Å². The van der Waals surface area contributed by atoms with Crippen LogP contribution in [0.5, 0.6) is 0 Å². The third-order valence-corrected chi connectivity index (χ3v) is 0.981. The number of carbonyl (C=O) groups is 1. The van der Waals surface area contributed by atoms with Gasteiger partial charge in [0.1, 0.15) is 12.0 Å². The number of ketones is 1. The summed E-state index contributed by atoms with van der Waals surface area (Å²) >= 11 is 0. The van der Waals surface area contributed by atoms with Gasteiger partial charge in [-0.15, -0.1) is 0 Å². The molecule has 0 aromatic heterocycles. The van der Waals surface area contributed by atoms with E-state index in [4.69, 9.17) is 5.11 Å². The Labute approximate surface area is 52.2 Å². The molecule has 48 valence electrons. The fourth-order valence-electron chi connectivity index (χ4n) is 0.516. The van der Waals surface area contributed by atoms with Gasteiger partial charge in [0, 0.05) is 0 Å².